The number of ether oxygens (including phenoxy) is 1. The van der Waals surface area contributed by atoms with Crippen molar-refractivity contribution >= 4 is 11.6 Å². The Morgan fingerprint density at radius 3 is 1.91 bits per heavy atom. The quantitative estimate of drug-likeness (QED) is 0.354. The number of carbonyl (C=O) groups is 2. The molecule has 0 saturated heterocycles. The first kappa shape index (κ1) is 15.4. The van der Waals surface area contributed by atoms with Gasteiger partial charge in [-0.3, -0.25) is 19.7 Å². The normalized spacial score (nSPS) is 11.5. The predicted octanol–water partition coefficient (Wildman–Crippen LogP) is 2.41. The van der Waals surface area contributed by atoms with Crippen LogP contribution in [0.2, 0.25) is 0 Å². The van der Waals surface area contributed by atoms with Gasteiger partial charge < -0.3 is 4.74 Å². The van der Waals surface area contributed by atoms with Crippen molar-refractivity contribution in [3.63, 3.8) is 0 Å². The van der Waals surface area contributed by atoms with E-state index in [1.54, 1.807) is 18.2 Å². The molecule has 2 aromatic carbocycles. The minimum atomic E-state index is -1.95. The second kappa shape index (κ2) is 6.62. The number of nitrogens with zero attached hydrogens (tertiary/aromatic N) is 1. The van der Waals surface area contributed by atoms with Gasteiger partial charge in [0, 0.05) is 16.1 Å². The van der Waals surface area contributed by atoms with E-state index in [0.717, 1.165) is 0 Å². The minimum absolute atomic E-state index is 0.0896. The van der Waals surface area contributed by atoms with Gasteiger partial charge in [0.2, 0.25) is 11.6 Å². The fourth-order valence-electron chi connectivity index (χ4n) is 1.98. The number of nitro groups is 1. The van der Waals surface area contributed by atoms with Crippen molar-refractivity contribution in [2.75, 3.05) is 7.11 Å². The first-order valence-electron chi connectivity index (χ1n) is 6.45. The smallest absolute Gasteiger partial charge is 0.336 e. The van der Waals surface area contributed by atoms with Gasteiger partial charge in [-0.05, 0) is 24.3 Å². The highest BCUT2D eigenvalue weighted by molar-refractivity contribution is 6.18. The summed E-state index contributed by atoms with van der Waals surface area (Å²) in [5.74, 6) is -1.16. The number of benzene rings is 2. The van der Waals surface area contributed by atoms with Crippen molar-refractivity contribution in [3.05, 3.63) is 75.8 Å². The van der Waals surface area contributed by atoms with E-state index in [9.17, 15) is 19.7 Å². The van der Waals surface area contributed by atoms with Crippen LogP contribution in [0.1, 0.15) is 20.7 Å². The van der Waals surface area contributed by atoms with Crippen LogP contribution < -0.4 is 4.74 Å². The fraction of sp³-hybridized carbons (Fsp3) is 0.125. The predicted molar refractivity (Wildman–Crippen MR) is 78.9 cm³/mol. The van der Waals surface area contributed by atoms with Gasteiger partial charge in [0.05, 0.1) is 7.11 Å². The summed E-state index contributed by atoms with van der Waals surface area (Å²) in [6, 6.07) is 11.6. The summed E-state index contributed by atoms with van der Waals surface area (Å²) in [5.41, 5.74) is 0.220. The number of hydrogen-bond donors (Lipinski definition) is 0. The summed E-state index contributed by atoms with van der Waals surface area (Å²) < 4.78 is 4.96. The molecule has 2 rings (SSSR count). The standard InChI is InChI=1S/C16H13NO5/c1-22-13-9-7-12(8-10-13)16(19)14(17(20)21)15(18)11-5-3-2-4-6-11/h2-10,14H,1H3. The summed E-state index contributed by atoms with van der Waals surface area (Å²) >= 11 is 0. The average molecular weight is 299 g/mol. The summed E-state index contributed by atoms with van der Waals surface area (Å²) in [6.45, 7) is 0. The molecule has 0 N–H and O–H groups in total. The lowest BCUT2D eigenvalue weighted by molar-refractivity contribution is -0.488. The Hall–Kier alpha value is -3.02. The summed E-state index contributed by atoms with van der Waals surface area (Å²) in [6.07, 6.45) is 0. The number of carbonyl (C=O) groups excluding carboxylic acids is 2. The molecular weight excluding hydrogens is 286 g/mol. The molecule has 0 aromatic heterocycles. The maximum absolute atomic E-state index is 12.3. The van der Waals surface area contributed by atoms with E-state index in [0.29, 0.717) is 5.75 Å². The van der Waals surface area contributed by atoms with Gasteiger partial charge in [0.25, 0.3) is 0 Å². The molecule has 0 bridgehead atoms. The third-order valence-corrected chi connectivity index (χ3v) is 3.14. The second-order valence-corrected chi connectivity index (χ2v) is 4.51. The van der Waals surface area contributed by atoms with Gasteiger partial charge in [-0.15, -0.1) is 0 Å². The molecule has 6 heteroatoms. The molecule has 22 heavy (non-hydrogen) atoms. The van der Waals surface area contributed by atoms with Crippen molar-refractivity contribution in [1.82, 2.24) is 0 Å². The van der Waals surface area contributed by atoms with E-state index >= 15 is 0 Å². The molecule has 0 aliphatic carbocycles. The molecule has 0 amide bonds. The lowest BCUT2D eigenvalue weighted by atomic mass is 9.97. The first-order valence-corrected chi connectivity index (χ1v) is 6.45. The van der Waals surface area contributed by atoms with Gasteiger partial charge >= 0.3 is 6.04 Å². The number of hydrogen-bond acceptors (Lipinski definition) is 5. The molecule has 0 fully saturated rings. The Balaban J connectivity index is 2.33. The largest absolute Gasteiger partial charge is 0.497 e. The van der Waals surface area contributed by atoms with E-state index < -0.39 is 22.5 Å². The van der Waals surface area contributed by atoms with Crippen LogP contribution in [0.5, 0.6) is 5.75 Å². The Bertz CT molecular complexity index is 694. The second-order valence-electron chi connectivity index (χ2n) is 4.51. The highest BCUT2D eigenvalue weighted by atomic mass is 16.6. The Labute approximate surface area is 126 Å². The zero-order valence-corrected chi connectivity index (χ0v) is 11.8. The Morgan fingerprint density at radius 2 is 1.45 bits per heavy atom. The molecule has 2 aromatic rings. The van der Waals surface area contributed by atoms with Crippen molar-refractivity contribution in [2.24, 2.45) is 0 Å². The molecular formula is C16H13NO5. The lowest BCUT2D eigenvalue weighted by Crippen LogP contribution is -2.37. The van der Waals surface area contributed by atoms with Crippen LogP contribution in [-0.2, 0) is 0 Å². The molecule has 0 heterocycles. The Morgan fingerprint density at radius 1 is 0.955 bits per heavy atom. The van der Waals surface area contributed by atoms with Crippen molar-refractivity contribution in [3.8, 4) is 5.75 Å². The first-order chi connectivity index (χ1) is 10.5. The maximum atomic E-state index is 12.3. The van der Waals surface area contributed by atoms with E-state index in [4.69, 9.17) is 4.74 Å². The number of methoxy groups -OCH3 is 1. The fourth-order valence-corrected chi connectivity index (χ4v) is 1.98. The van der Waals surface area contributed by atoms with Gasteiger partial charge in [-0.25, -0.2) is 0 Å². The summed E-state index contributed by atoms with van der Waals surface area (Å²) in [5, 5.41) is 11.2. The van der Waals surface area contributed by atoms with Crippen LogP contribution in [0.25, 0.3) is 0 Å². The SMILES string of the molecule is COc1ccc(C(=O)C(C(=O)c2ccccc2)[N+](=O)[O-])cc1. The highest BCUT2D eigenvalue weighted by Gasteiger charge is 2.38. The van der Waals surface area contributed by atoms with Crippen molar-refractivity contribution < 1.29 is 19.2 Å². The molecule has 0 aliphatic heterocycles. The van der Waals surface area contributed by atoms with Crippen LogP contribution in [-0.4, -0.2) is 29.6 Å². The summed E-state index contributed by atoms with van der Waals surface area (Å²) in [7, 11) is 1.47. The van der Waals surface area contributed by atoms with Crippen LogP contribution in [0.15, 0.2) is 54.6 Å². The zero-order valence-electron chi connectivity index (χ0n) is 11.8. The molecule has 0 radical (unpaired) electrons. The van der Waals surface area contributed by atoms with Crippen molar-refractivity contribution in [1.29, 1.82) is 0 Å². The number of rotatable bonds is 6. The maximum Gasteiger partial charge on any atom is 0.336 e. The highest BCUT2D eigenvalue weighted by Crippen LogP contribution is 2.16. The molecule has 0 saturated carbocycles. The third kappa shape index (κ3) is 3.17. The van der Waals surface area contributed by atoms with Gasteiger partial charge in [-0.1, -0.05) is 30.3 Å². The van der Waals surface area contributed by atoms with Crippen LogP contribution in [0.4, 0.5) is 0 Å². The van der Waals surface area contributed by atoms with E-state index in [-0.39, 0.29) is 11.1 Å². The van der Waals surface area contributed by atoms with Gasteiger partial charge in [-0.2, -0.15) is 0 Å². The van der Waals surface area contributed by atoms with E-state index in [2.05, 4.69) is 0 Å². The van der Waals surface area contributed by atoms with Crippen LogP contribution in [0.3, 0.4) is 0 Å². The third-order valence-electron chi connectivity index (χ3n) is 3.14. The molecule has 6 nitrogen and oxygen atoms in total. The average Bonchev–Trinajstić information content (AvgIpc) is 2.55. The number of ketones is 2. The number of Topliss-reactive ketones (excluding diaryl/α,β-unsaturated/α-hetero) is 2. The summed E-state index contributed by atoms with van der Waals surface area (Å²) in [4.78, 5) is 34.9. The zero-order chi connectivity index (χ0) is 16.1. The van der Waals surface area contributed by atoms with E-state index in [1.807, 2.05) is 0 Å². The van der Waals surface area contributed by atoms with Crippen LogP contribution in [0, 0.1) is 10.1 Å². The van der Waals surface area contributed by atoms with Crippen LogP contribution >= 0.6 is 0 Å². The van der Waals surface area contributed by atoms with Gasteiger partial charge in [0.1, 0.15) is 5.75 Å². The Kier molecular flexibility index (Phi) is 4.63. The monoisotopic (exact) mass is 299 g/mol. The molecule has 112 valence electrons. The van der Waals surface area contributed by atoms with Gasteiger partial charge in [0.15, 0.2) is 0 Å². The minimum Gasteiger partial charge on any atom is -0.497 e. The molecule has 0 spiro atoms. The molecule has 1 unspecified atom stereocenters. The molecule has 0 aliphatic rings. The topological polar surface area (TPSA) is 86.5 Å². The van der Waals surface area contributed by atoms with E-state index in [1.165, 1.54) is 43.5 Å². The van der Waals surface area contributed by atoms with Crippen molar-refractivity contribution in [2.45, 2.75) is 6.04 Å². The lowest BCUT2D eigenvalue weighted by Gasteiger charge is -2.08. The molecule has 1 atom stereocenters.